The first-order valence-corrected chi connectivity index (χ1v) is 9.53. The molecular formula is C21H25ClN2O2. The van der Waals surface area contributed by atoms with Crippen LogP contribution in [0.4, 0.5) is 11.4 Å². The van der Waals surface area contributed by atoms with Gasteiger partial charge in [0.05, 0.1) is 11.6 Å². The van der Waals surface area contributed by atoms with Crippen molar-refractivity contribution in [3.63, 3.8) is 0 Å². The topological polar surface area (TPSA) is 41.6 Å². The summed E-state index contributed by atoms with van der Waals surface area (Å²) in [5.41, 5.74) is 2.49. The molecule has 0 aromatic heterocycles. The first-order valence-electron chi connectivity index (χ1n) is 9.15. The first kappa shape index (κ1) is 18.6. The monoisotopic (exact) mass is 372 g/mol. The molecule has 0 radical (unpaired) electrons. The molecule has 138 valence electrons. The highest BCUT2D eigenvalue weighted by Gasteiger charge is 2.16. The number of nitrogens with zero attached hydrogens (tertiary/aromatic N) is 1. The Morgan fingerprint density at radius 1 is 1.19 bits per heavy atom. The summed E-state index contributed by atoms with van der Waals surface area (Å²) >= 11 is 6.16. The molecule has 1 amide bonds. The van der Waals surface area contributed by atoms with Crippen LogP contribution in [0.5, 0.6) is 5.75 Å². The van der Waals surface area contributed by atoms with Gasteiger partial charge in [-0.05, 0) is 68.1 Å². The van der Waals surface area contributed by atoms with E-state index in [1.807, 2.05) is 19.1 Å². The molecule has 3 rings (SSSR count). The van der Waals surface area contributed by atoms with E-state index in [2.05, 4.69) is 29.3 Å². The second kappa shape index (κ2) is 8.45. The molecule has 1 aliphatic rings. The molecular weight excluding hydrogens is 348 g/mol. The minimum atomic E-state index is -0.186. The van der Waals surface area contributed by atoms with Gasteiger partial charge in [0.1, 0.15) is 5.75 Å². The Kier molecular flexibility index (Phi) is 6.04. The van der Waals surface area contributed by atoms with Crippen molar-refractivity contribution in [2.75, 3.05) is 29.9 Å². The van der Waals surface area contributed by atoms with Crippen LogP contribution < -0.4 is 15.0 Å². The van der Waals surface area contributed by atoms with Gasteiger partial charge in [0.2, 0.25) is 0 Å². The van der Waals surface area contributed by atoms with Gasteiger partial charge in [0, 0.05) is 30.0 Å². The average molecular weight is 373 g/mol. The van der Waals surface area contributed by atoms with Gasteiger partial charge in [-0.25, -0.2) is 0 Å². The fourth-order valence-corrected chi connectivity index (χ4v) is 3.38. The second-order valence-electron chi connectivity index (χ2n) is 6.75. The number of amides is 1. The third-order valence-electron chi connectivity index (χ3n) is 4.77. The fraction of sp³-hybridized carbons (Fsp3) is 0.381. The van der Waals surface area contributed by atoms with Crippen LogP contribution in [0.3, 0.4) is 0 Å². The van der Waals surface area contributed by atoms with Gasteiger partial charge >= 0.3 is 0 Å². The number of hydrogen-bond donors (Lipinski definition) is 1. The quantitative estimate of drug-likeness (QED) is 0.781. The van der Waals surface area contributed by atoms with E-state index in [0.717, 1.165) is 24.7 Å². The molecule has 4 nitrogen and oxygen atoms in total. The lowest BCUT2D eigenvalue weighted by atomic mass is 9.99. The summed E-state index contributed by atoms with van der Waals surface area (Å²) in [6.07, 6.45) is 2.47. The zero-order valence-corrected chi connectivity index (χ0v) is 16.1. The van der Waals surface area contributed by atoms with Gasteiger partial charge in [-0.1, -0.05) is 18.5 Å². The summed E-state index contributed by atoms with van der Waals surface area (Å²) in [4.78, 5) is 14.8. The minimum absolute atomic E-state index is 0.186. The third kappa shape index (κ3) is 4.50. The average Bonchev–Trinajstić information content (AvgIpc) is 2.65. The standard InChI is InChI=1S/C21H25ClN2O2/c1-3-26-20-9-4-16(14-19(20)22)21(25)23-17-5-7-18(8-6-17)24-12-10-15(2)11-13-24/h4-9,14-15H,3,10-13H2,1-2H3,(H,23,25). The van der Waals surface area contributed by atoms with Gasteiger partial charge in [-0.3, -0.25) is 4.79 Å². The Balaban J connectivity index is 1.63. The maximum Gasteiger partial charge on any atom is 0.255 e. The van der Waals surface area contributed by atoms with E-state index in [1.54, 1.807) is 18.2 Å². The number of nitrogens with one attached hydrogen (secondary N) is 1. The molecule has 0 saturated carbocycles. The van der Waals surface area contributed by atoms with Gasteiger partial charge in [-0.15, -0.1) is 0 Å². The Morgan fingerprint density at radius 3 is 2.50 bits per heavy atom. The molecule has 2 aromatic rings. The lowest BCUT2D eigenvalue weighted by molar-refractivity contribution is 0.102. The van der Waals surface area contributed by atoms with Crippen molar-refractivity contribution in [3.8, 4) is 5.75 Å². The maximum absolute atomic E-state index is 12.4. The predicted octanol–water partition coefficient (Wildman–Crippen LogP) is 5.23. The number of halogens is 1. The van der Waals surface area contributed by atoms with Gasteiger partial charge in [0.25, 0.3) is 5.91 Å². The maximum atomic E-state index is 12.4. The number of ether oxygens (including phenoxy) is 1. The molecule has 5 heteroatoms. The van der Waals surface area contributed by atoms with Crippen LogP contribution in [-0.4, -0.2) is 25.6 Å². The zero-order valence-electron chi connectivity index (χ0n) is 15.3. The molecule has 2 aromatic carbocycles. The van der Waals surface area contributed by atoms with Crippen molar-refractivity contribution in [2.24, 2.45) is 5.92 Å². The molecule has 1 N–H and O–H groups in total. The van der Waals surface area contributed by atoms with E-state index in [9.17, 15) is 4.79 Å². The van der Waals surface area contributed by atoms with Crippen molar-refractivity contribution < 1.29 is 9.53 Å². The smallest absolute Gasteiger partial charge is 0.255 e. The van der Waals surface area contributed by atoms with Crippen LogP contribution in [-0.2, 0) is 0 Å². The Morgan fingerprint density at radius 2 is 1.88 bits per heavy atom. The largest absolute Gasteiger partial charge is 0.492 e. The lowest BCUT2D eigenvalue weighted by Gasteiger charge is -2.32. The van der Waals surface area contributed by atoms with Crippen LogP contribution in [0.1, 0.15) is 37.0 Å². The normalized spacial score (nSPS) is 15.0. The van der Waals surface area contributed by atoms with Crippen molar-refractivity contribution in [2.45, 2.75) is 26.7 Å². The van der Waals surface area contributed by atoms with E-state index in [1.165, 1.54) is 18.5 Å². The summed E-state index contributed by atoms with van der Waals surface area (Å²) in [6, 6.07) is 13.1. The highest BCUT2D eigenvalue weighted by atomic mass is 35.5. The molecule has 1 saturated heterocycles. The van der Waals surface area contributed by atoms with Crippen molar-refractivity contribution in [1.29, 1.82) is 0 Å². The summed E-state index contributed by atoms with van der Waals surface area (Å²) < 4.78 is 5.40. The predicted molar refractivity (Wildman–Crippen MR) is 108 cm³/mol. The van der Waals surface area contributed by atoms with E-state index >= 15 is 0 Å². The summed E-state index contributed by atoms with van der Waals surface area (Å²) in [6.45, 7) is 6.93. The second-order valence-corrected chi connectivity index (χ2v) is 7.16. The molecule has 0 unspecified atom stereocenters. The number of anilines is 2. The van der Waals surface area contributed by atoms with E-state index < -0.39 is 0 Å². The third-order valence-corrected chi connectivity index (χ3v) is 5.06. The van der Waals surface area contributed by atoms with Crippen molar-refractivity contribution in [3.05, 3.63) is 53.1 Å². The minimum Gasteiger partial charge on any atom is -0.492 e. The molecule has 26 heavy (non-hydrogen) atoms. The van der Waals surface area contributed by atoms with Crippen molar-refractivity contribution >= 4 is 28.9 Å². The summed E-state index contributed by atoms with van der Waals surface area (Å²) in [5, 5.41) is 3.36. The Bertz CT molecular complexity index is 753. The fourth-order valence-electron chi connectivity index (χ4n) is 3.14. The Labute approximate surface area is 160 Å². The molecule has 0 atom stereocenters. The van der Waals surface area contributed by atoms with Crippen LogP contribution >= 0.6 is 11.6 Å². The summed E-state index contributed by atoms with van der Waals surface area (Å²) in [7, 11) is 0. The SMILES string of the molecule is CCOc1ccc(C(=O)Nc2ccc(N3CCC(C)CC3)cc2)cc1Cl. The van der Waals surface area contributed by atoms with Crippen molar-refractivity contribution in [1.82, 2.24) is 0 Å². The van der Waals surface area contributed by atoms with E-state index in [-0.39, 0.29) is 5.91 Å². The molecule has 0 spiro atoms. The van der Waals surface area contributed by atoms with Gasteiger partial charge in [0.15, 0.2) is 0 Å². The van der Waals surface area contributed by atoms with Crippen LogP contribution in [0.25, 0.3) is 0 Å². The number of rotatable bonds is 5. The molecule has 0 bridgehead atoms. The molecule has 0 aliphatic carbocycles. The first-order chi connectivity index (χ1) is 12.6. The number of piperidine rings is 1. The number of benzene rings is 2. The van der Waals surface area contributed by atoms with Gasteiger partial charge in [-0.2, -0.15) is 0 Å². The number of carbonyl (C=O) groups excluding carboxylic acids is 1. The van der Waals surface area contributed by atoms with E-state index in [4.69, 9.17) is 16.3 Å². The van der Waals surface area contributed by atoms with Gasteiger partial charge < -0.3 is 15.0 Å². The summed E-state index contributed by atoms with van der Waals surface area (Å²) in [5.74, 6) is 1.21. The highest BCUT2D eigenvalue weighted by molar-refractivity contribution is 6.32. The van der Waals surface area contributed by atoms with Crippen LogP contribution in [0.2, 0.25) is 5.02 Å². The van der Waals surface area contributed by atoms with Crippen LogP contribution in [0.15, 0.2) is 42.5 Å². The lowest BCUT2D eigenvalue weighted by Crippen LogP contribution is -2.32. The number of hydrogen-bond acceptors (Lipinski definition) is 3. The highest BCUT2D eigenvalue weighted by Crippen LogP contribution is 2.27. The number of carbonyl (C=O) groups is 1. The molecule has 1 fully saturated rings. The Hall–Kier alpha value is -2.20. The van der Waals surface area contributed by atoms with Crippen LogP contribution in [0, 0.1) is 5.92 Å². The van der Waals surface area contributed by atoms with E-state index in [0.29, 0.717) is 22.9 Å². The zero-order chi connectivity index (χ0) is 18.5. The molecule has 1 heterocycles. The molecule has 1 aliphatic heterocycles.